The Bertz CT molecular complexity index is 705. The van der Waals surface area contributed by atoms with Gasteiger partial charge in [0.2, 0.25) is 5.09 Å². The number of hydrogen-bond acceptors (Lipinski definition) is 5. The SMILES string of the molecule is Cc1ccnc(N2CCN(S(=O)(=O)c3ccco3)CC2)c1. The van der Waals surface area contributed by atoms with Crippen LogP contribution in [-0.4, -0.2) is 43.9 Å². The maximum Gasteiger partial charge on any atom is 0.276 e. The fraction of sp³-hybridized carbons (Fsp3) is 0.357. The van der Waals surface area contributed by atoms with Crippen molar-refractivity contribution in [2.24, 2.45) is 0 Å². The second kappa shape index (κ2) is 5.50. The molecule has 0 bridgehead atoms. The summed E-state index contributed by atoms with van der Waals surface area (Å²) in [4.78, 5) is 6.44. The van der Waals surface area contributed by atoms with E-state index in [1.165, 1.54) is 16.6 Å². The van der Waals surface area contributed by atoms with Gasteiger partial charge in [0.25, 0.3) is 10.0 Å². The molecule has 3 heterocycles. The Hall–Kier alpha value is -1.86. The van der Waals surface area contributed by atoms with E-state index in [2.05, 4.69) is 9.88 Å². The van der Waals surface area contributed by atoms with Gasteiger partial charge in [-0.05, 0) is 36.8 Å². The van der Waals surface area contributed by atoms with E-state index in [-0.39, 0.29) is 5.09 Å². The van der Waals surface area contributed by atoms with Crippen LogP contribution in [0, 0.1) is 6.92 Å². The monoisotopic (exact) mass is 307 g/mol. The first-order valence-electron chi connectivity index (χ1n) is 6.78. The Morgan fingerprint density at radius 2 is 1.95 bits per heavy atom. The fourth-order valence-electron chi connectivity index (χ4n) is 2.39. The van der Waals surface area contributed by atoms with E-state index in [9.17, 15) is 8.42 Å². The highest BCUT2D eigenvalue weighted by Crippen LogP contribution is 2.20. The number of aromatic nitrogens is 1. The molecule has 0 spiro atoms. The first kappa shape index (κ1) is 14.1. The summed E-state index contributed by atoms with van der Waals surface area (Å²) in [7, 11) is -3.51. The molecule has 1 fully saturated rings. The maximum atomic E-state index is 12.3. The van der Waals surface area contributed by atoms with E-state index in [4.69, 9.17) is 4.42 Å². The summed E-state index contributed by atoms with van der Waals surface area (Å²) in [5.41, 5.74) is 1.14. The van der Waals surface area contributed by atoms with Gasteiger partial charge in [0.05, 0.1) is 6.26 Å². The van der Waals surface area contributed by atoms with Crippen LogP contribution in [0.3, 0.4) is 0 Å². The lowest BCUT2D eigenvalue weighted by molar-refractivity contribution is 0.361. The van der Waals surface area contributed by atoms with Crippen molar-refractivity contribution in [1.82, 2.24) is 9.29 Å². The summed E-state index contributed by atoms with van der Waals surface area (Å²) in [6, 6.07) is 7.02. The lowest BCUT2D eigenvalue weighted by Gasteiger charge is -2.34. The molecule has 0 aromatic carbocycles. The molecule has 0 radical (unpaired) electrons. The molecule has 21 heavy (non-hydrogen) atoms. The molecule has 0 unspecified atom stereocenters. The summed E-state index contributed by atoms with van der Waals surface area (Å²) >= 11 is 0. The summed E-state index contributed by atoms with van der Waals surface area (Å²) < 4.78 is 31.2. The van der Waals surface area contributed by atoms with Gasteiger partial charge in [0, 0.05) is 32.4 Å². The van der Waals surface area contributed by atoms with Gasteiger partial charge >= 0.3 is 0 Å². The molecule has 1 aliphatic heterocycles. The number of pyridine rings is 1. The molecule has 0 saturated carbocycles. The lowest BCUT2D eigenvalue weighted by atomic mass is 10.2. The summed E-state index contributed by atoms with van der Waals surface area (Å²) in [6.45, 7) is 4.12. The smallest absolute Gasteiger partial charge is 0.276 e. The zero-order valence-electron chi connectivity index (χ0n) is 11.8. The molecule has 2 aromatic rings. The number of aryl methyl sites for hydroxylation is 1. The molecule has 7 heteroatoms. The van der Waals surface area contributed by atoms with E-state index in [0.717, 1.165) is 11.4 Å². The third kappa shape index (κ3) is 2.79. The molecule has 0 amide bonds. The third-order valence-electron chi connectivity index (χ3n) is 3.55. The van der Waals surface area contributed by atoms with Gasteiger partial charge in [-0.15, -0.1) is 0 Å². The highest BCUT2D eigenvalue weighted by Gasteiger charge is 2.30. The minimum atomic E-state index is -3.51. The molecular weight excluding hydrogens is 290 g/mol. The minimum Gasteiger partial charge on any atom is -0.452 e. The quantitative estimate of drug-likeness (QED) is 0.859. The van der Waals surface area contributed by atoms with Crippen molar-refractivity contribution in [2.45, 2.75) is 12.0 Å². The number of anilines is 1. The van der Waals surface area contributed by atoms with Crippen molar-refractivity contribution in [3.05, 3.63) is 42.3 Å². The molecule has 0 aliphatic carbocycles. The number of piperazine rings is 1. The Balaban J connectivity index is 1.71. The van der Waals surface area contributed by atoms with Crippen molar-refractivity contribution >= 4 is 15.8 Å². The van der Waals surface area contributed by atoms with Crippen LogP contribution in [0.15, 0.2) is 46.2 Å². The van der Waals surface area contributed by atoms with Crippen molar-refractivity contribution in [1.29, 1.82) is 0 Å². The molecule has 0 N–H and O–H groups in total. The van der Waals surface area contributed by atoms with Crippen molar-refractivity contribution in [3.63, 3.8) is 0 Å². The Morgan fingerprint density at radius 1 is 1.19 bits per heavy atom. The average Bonchev–Trinajstić information content (AvgIpc) is 3.02. The van der Waals surface area contributed by atoms with Gasteiger partial charge in [-0.3, -0.25) is 0 Å². The lowest BCUT2D eigenvalue weighted by Crippen LogP contribution is -2.48. The number of nitrogens with zero attached hydrogens (tertiary/aromatic N) is 3. The van der Waals surface area contributed by atoms with E-state index < -0.39 is 10.0 Å². The van der Waals surface area contributed by atoms with Gasteiger partial charge in [-0.25, -0.2) is 13.4 Å². The number of furan rings is 1. The summed E-state index contributed by atoms with van der Waals surface area (Å²) in [5, 5.41) is 0.00429. The fourth-order valence-corrected chi connectivity index (χ4v) is 3.71. The van der Waals surface area contributed by atoms with Crippen molar-refractivity contribution in [3.8, 4) is 0 Å². The Labute approximate surface area is 124 Å². The minimum absolute atomic E-state index is 0.00429. The number of rotatable bonds is 3. The van der Waals surface area contributed by atoms with Crippen LogP contribution in [0.25, 0.3) is 0 Å². The first-order valence-corrected chi connectivity index (χ1v) is 8.22. The molecule has 2 aromatic heterocycles. The average molecular weight is 307 g/mol. The molecule has 3 rings (SSSR count). The topological polar surface area (TPSA) is 66.7 Å². The largest absolute Gasteiger partial charge is 0.452 e. The van der Waals surface area contributed by atoms with Crippen molar-refractivity contribution in [2.75, 3.05) is 31.1 Å². The van der Waals surface area contributed by atoms with Gasteiger partial charge in [-0.1, -0.05) is 0 Å². The predicted molar refractivity (Wildman–Crippen MR) is 78.7 cm³/mol. The molecule has 1 aliphatic rings. The van der Waals surface area contributed by atoms with Crippen LogP contribution in [0.1, 0.15) is 5.56 Å². The van der Waals surface area contributed by atoms with E-state index in [1.807, 2.05) is 19.1 Å². The van der Waals surface area contributed by atoms with Crippen molar-refractivity contribution < 1.29 is 12.8 Å². The van der Waals surface area contributed by atoms with Crippen LogP contribution in [0.4, 0.5) is 5.82 Å². The first-order chi connectivity index (χ1) is 10.1. The molecular formula is C14H17N3O3S. The van der Waals surface area contributed by atoms with Crippen LogP contribution < -0.4 is 4.90 Å². The Kier molecular flexibility index (Phi) is 3.69. The van der Waals surface area contributed by atoms with E-state index in [1.54, 1.807) is 12.3 Å². The highest BCUT2D eigenvalue weighted by molar-refractivity contribution is 7.89. The van der Waals surface area contributed by atoms with Crippen LogP contribution in [0.2, 0.25) is 0 Å². The molecule has 0 atom stereocenters. The van der Waals surface area contributed by atoms with Crippen LogP contribution in [-0.2, 0) is 10.0 Å². The zero-order valence-corrected chi connectivity index (χ0v) is 12.6. The zero-order chi connectivity index (χ0) is 14.9. The van der Waals surface area contributed by atoms with E-state index >= 15 is 0 Å². The molecule has 6 nitrogen and oxygen atoms in total. The summed E-state index contributed by atoms with van der Waals surface area (Å²) in [5.74, 6) is 0.894. The highest BCUT2D eigenvalue weighted by atomic mass is 32.2. The van der Waals surface area contributed by atoms with Crippen LogP contribution in [0.5, 0.6) is 0 Å². The predicted octanol–water partition coefficient (Wildman–Crippen LogP) is 1.49. The normalized spacial score (nSPS) is 17.1. The van der Waals surface area contributed by atoms with Gasteiger partial charge < -0.3 is 9.32 Å². The van der Waals surface area contributed by atoms with Crippen LogP contribution >= 0.6 is 0 Å². The maximum absolute atomic E-state index is 12.3. The Morgan fingerprint density at radius 3 is 2.57 bits per heavy atom. The van der Waals surface area contributed by atoms with Gasteiger partial charge in [0.15, 0.2) is 0 Å². The standard InChI is InChI=1S/C14H17N3O3S/c1-12-4-5-15-13(11-12)16-6-8-17(9-7-16)21(18,19)14-3-2-10-20-14/h2-5,10-11H,6-9H2,1H3. The second-order valence-electron chi connectivity index (χ2n) is 5.01. The van der Waals surface area contributed by atoms with Gasteiger partial charge in [-0.2, -0.15) is 4.31 Å². The molecule has 1 saturated heterocycles. The molecule has 112 valence electrons. The van der Waals surface area contributed by atoms with Gasteiger partial charge in [0.1, 0.15) is 5.82 Å². The third-order valence-corrected chi connectivity index (χ3v) is 5.34. The number of hydrogen-bond donors (Lipinski definition) is 0. The summed E-state index contributed by atoms with van der Waals surface area (Å²) in [6.07, 6.45) is 3.15. The van der Waals surface area contributed by atoms with E-state index in [0.29, 0.717) is 26.2 Å². The second-order valence-corrected chi connectivity index (χ2v) is 6.88. The number of sulfonamides is 1.